The van der Waals surface area contributed by atoms with Crippen LogP contribution in [0.15, 0.2) is 10.5 Å². The van der Waals surface area contributed by atoms with Gasteiger partial charge in [0, 0.05) is 18.6 Å². The van der Waals surface area contributed by atoms with E-state index in [1.54, 1.807) is 0 Å². The quantitative estimate of drug-likeness (QED) is 0.770. The van der Waals surface area contributed by atoms with E-state index in [0.29, 0.717) is 23.8 Å². The number of furan rings is 1. The van der Waals surface area contributed by atoms with Gasteiger partial charge in [0.2, 0.25) is 0 Å². The highest BCUT2D eigenvalue weighted by Crippen LogP contribution is 2.47. The Morgan fingerprint density at radius 2 is 2.38 bits per heavy atom. The average Bonchev–Trinajstić information content (AvgIpc) is 2.54. The van der Waals surface area contributed by atoms with E-state index in [0.717, 1.165) is 18.7 Å². The smallest absolute Gasteiger partial charge is 0.257 e. The highest BCUT2D eigenvalue weighted by Gasteiger charge is 2.58. The van der Waals surface area contributed by atoms with Gasteiger partial charge >= 0.3 is 0 Å². The highest BCUT2D eigenvalue weighted by atomic mass is 16.3. The summed E-state index contributed by atoms with van der Waals surface area (Å²) in [6.07, 6.45) is 1.07. The maximum Gasteiger partial charge on any atom is 0.257 e. The van der Waals surface area contributed by atoms with Crippen LogP contribution in [-0.4, -0.2) is 29.4 Å². The molecule has 2 heterocycles. The van der Waals surface area contributed by atoms with Gasteiger partial charge < -0.3 is 15.1 Å². The van der Waals surface area contributed by atoms with Crippen molar-refractivity contribution in [2.24, 2.45) is 11.7 Å². The molecule has 2 N–H and O–H groups in total. The molecule has 1 aliphatic carbocycles. The van der Waals surface area contributed by atoms with Crippen molar-refractivity contribution in [2.75, 3.05) is 13.1 Å². The van der Waals surface area contributed by atoms with Crippen molar-refractivity contribution in [3.05, 3.63) is 23.2 Å². The Balaban J connectivity index is 1.81. The van der Waals surface area contributed by atoms with Crippen LogP contribution in [0.25, 0.3) is 0 Å². The molecule has 16 heavy (non-hydrogen) atoms. The second-order valence-electron chi connectivity index (χ2n) is 5.15. The molecular weight excluding hydrogens is 204 g/mol. The molecule has 1 aromatic heterocycles. The van der Waals surface area contributed by atoms with Crippen molar-refractivity contribution < 1.29 is 9.21 Å². The predicted octanol–water partition coefficient (Wildman–Crippen LogP) is 1.07. The molecule has 0 bridgehead atoms. The topological polar surface area (TPSA) is 59.5 Å². The number of fused-ring (bicyclic) bond motifs is 1. The summed E-state index contributed by atoms with van der Waals surface area (Å²) in [5.74, 6) is 2.07. The Bertz CT molecular complexity index is 466. The van der Waals surface area contributed by atoms with Crippen LogP contribution in [0, 0.1) is 19.8 Å². The number of amides is 1. The molecule has 1 amide bonds. The van der Waals surface area contributed by atoms with Crippen LogP contribution in [-0.2, 0) is 0 Å². The fourth-order valence-electron chi connectivity index (χ4n) is 2.69. The zero-order valence-electron chi connectivity index (χ0n) is 9.62. The maximum atomic E-state index is 12.2. The second kappa shape index (κ2) is 2.88. The van der Waals surface area contributed by atoms with Crippen LogP contribution < -0.4 is 5.73 Å². The lowest BCUT2D eigenvalue weighted by Gasteiger charge is -2.18. The third-order valence-electron chi connectivity index (χ3n) is 3.76. The van der Waals surface area contributed by atoms with Crippen LogP contribution >= 0.6 is 0 Å². The first-order valence-corrected chi connectivity index (χ1v) is 5.65. The van der Waals surface area contributed by atoms with E-state index in [9.17, 15) is 4.79 Å². The molecule has 1 saturated carbocycles. The molecule has 1 saturated heterocycles. The van der Waals surface area contributed by atoms with Crippen molar-refractivity contribution >= 4 is 5.91 Å². The van der Waals surface area contributed by atoms with Gasteiger partial charge in [-0.3, -0.25) is 4.79 Å². The fraction of sp³-hybridized carbons (Fsp3) is 0.583. The summed E-state index contributed by atoms with van der Waals surface area (Å²) in [5.41, 5.74) is 6.69. The van der Waals surface area contributed by atoms with E-state index < -0.39 is 0 Å². The Morgan fingerprint density at radius 1 is 1.62 bits per heavy atom. The molecule has 3 rings (SSSR count). The van der Waals surface area contributed by atoms with Crippen molar-refractivity contribution in [1.29, 1.82) is 0 Å². The van der Waals surface area contributed by atoms with Crippen LogP contribution in [0.5, 0.6) is 0 Å². The molecule has 2 aliphatic rings. The summed E-state index contributed by atoms with van der Waals surface area (Å²) >= 11 is 0. The number of hydrogen-bond acceptors (Lipinski definition) is 3. The molecule has 4 heteroatoms. The van der Waals surface area contributed by atoms with E-state index in [-0.39, 0.29) is 11.4 Å². The Morgan fingerprint density at radius 3 is 2.88 bits per heavy atom. The molecule has 0 radical (unpaired) electrons. The predicted molar refractivity (Wildman–Crippen MR) is 59.1 cm³/mol. The Hall–Kier alpha value is -1.29. The highest BCUT2D eigenvalue weighted by molar-refractivity contribution is 5.95. The summed E-state index contributed by atoms with van der Waals surface area (Å²) in [6, 6.07) is 1.81. The number of piperidine rings is 1. The number of nitrogens with zero attached hydrogens (tertiary/aromatic N) is 1. The Labute approximate surface area is 94.4 Å². The summed E-state index contributed by atoms with van der Waals surface area (Å²) in [5, 5.41) is 0. The minimum atomic E-state index is -0.0810. The summed E-state index contributed by atoms with van der Waals surface area (Å²) in [7, 11) is 0. The first kappa shape index (κ1) is 9.90. The zero-order valence-corrected chi connectivity index (χ0v) is 9.62. The van der Waals surface area contributed by atoms with Crippen molar-refractivity contribution in [1.82, 2.24) is 4.90 Å². The van der Waals surface area contributed by atoms with Crippen molar-refractivity contribution in [3.8, 4) is 0 Å². The van der Waals surface area contributed by atoms with Crippen LogP contribution in [0.1, 0.15) is 28.3 Å². The van der Waals surface area contributed by atoms with E-state index in [1.807, 2.05) is 24.8 Å². The van der Waals surface area contributed by atoms with Gasteiger partial charge in [-0.25, -0.2) is 0 Å². The average molecular weight is 220 g/mol. The van der Waals surface area contributed by atoms with Gasteiger partial charge in [0.05, 0.1) is 5.56 Å². The number of carbonyl (C=O) groups is 1. The first-order valence-electron chi connectivity index (χ1n) is 5.65. The number of hydrogen-bond donors (Lipinski definition) is 1. The number of carbonyl (C=O) groups excluding carboxylic acids is 1. The lowest BCUT2D eigenvalue weighted by Crippen LogP contribution is -2.37. The van der Waals surface area contributed by atoms with E-state index >= 15 is 0 Å². The standard InChI is InChI=1S/C12H16N2O2/c1-7-3-10(8(2)16-7)11(15)14-5-9-4-12(9,13)6-14/h3,9H,4-6,13H2,1-2H3/t9-,12-/m1/s1. The Kier molecular flexibility index (Phi) is 1.79. The lowest BCUT2D eigenvalue weighted by molar-refractivity contribution is 0.0771. The molecule has 2 atom stereocenters. The molecule has 0 aromatic carbocycles. The van der Waals surface area contributed by atoms with Crippen molar-refractivity contribution in [2.45, 2.75) is 25.8 Å². The maximum absolute atomic E-state index is 12.2. The number of nitrogens with two attached hydrogens (primary N) is 1. The van der Waals surface area contributed by atoms with Gasteiger partial charge in [-0.15, -0.1) is 0 Å². The van der Waals surface area contributed by atoms with Crippen LogP contribution in [0.2, 0.25) is 0 Å². The monoisotopic (exact) mass is 220 g/mol. The van der Waals surface area contributed by atoms with Gasteiger partial charge in [0.25, 0.3) is 5.91 Å². The summed E-state index contributed by atoms with van der Waals surface area (Å²) in [4.78, 5) is 14.1. The van der Waals surface area contributed by atoms with Crippen LogP contribution in [0.3, 0.4) is 0 Å². The minimum absolute atomic E-state index is 0.0615. The van der Waals surface area contributed by atoms with Gasteiger partial charge in [0.15, 0.2) is 0 Å². The third-order valence-corrected chi connectivity index (χ3v) is 3.76. The third kappa shape index (κ3) is 1.29. The number of rotatable bonds is 1. The van der Waals surface area contributed by atoms with Gasteiger partial charge in [0.1, 0.15) is 11.5 Å². The second-order valence-corrected chi connectivity index (χ2v) is 5.15. The number of aryl methyl sites for hydroxylation is 2. The molecule has 0 unspecified atom stereocenters. The van der Waals surface area contributed by atoms with Crippen molar-refractivity contribution in [3.63, 3.8) is 0 Å². The van der Waals surface area contributed by atoms with E-state index in [2.05, 4.69) is 0 Å². The molecular formula is C12H16N2O2. The van der Waals surface area contributed by atoms with Gasteiger partial charge in [-0.1, -0.05) is 0 Å². The molecule has 4 nitrogen and oxygen atoms in total. The first-order chi connectivity index (χ1) is 7.49. The minimum Gasteiger partial charge on any atom is -0.466 e. The fourth-order valence-corrected chi connectivity index (χ4v) is 2.69. The van der Waals surface area contributed by atoms with E-state index in [4.69, 9.17) is 10.2 Å². The normalized spacial score (nSPS) is 31.7. The van der Waals surface area contributed by atoms with Crippen LogP contribution in [0.4, 0.5) is 0 Å². The molecule has 0 spiro atoms. The SMILES string of the molecule is Cc1cc(C(=O)N2C[C@H]3C[C@@]3(N)C2)c(C)o1. The number of likely N-dealkylation sites (tertiary alicyclic amines) is 1. The molecule has 1 aromatic rings. The summed E-state index contributed by atoms with van der Waals surface area (Å²) in [6.45, 7) is 5.18. The molecule has 2 fully saturated rings. The molecule has 1 aliphatic heterocycles. The molecule has 86 valence electrons. The van der Waals surface area contributed by atoms with Gasteiger partial charge in [-0.2, -0.15) is 0 Å². The zero-order chi connectivity index (χ0) is 11.5. The summed E-state index contributed by atoms with van der Waals surface area (Å²) < 4.78 is 5.38. The van der Waals surface area contributed by atoms with Gasteiger partial charge in [-0.05, 0) is 32.3 Å². The lowest BCUT2D eigenvalue weighted by atomic mass is 10.2. The largest absolute Gasteiger partial charge is 0.466 e. The van der Waals surface area contributed by atoms with E-state index in [1.165, 1.54) is 0 Å².